The minimum atomic E-state index is -1.86. The van der Waals surface area contributed by atoms with Gasteiger partial charge in [-0.1, -0.05) is 0 Å². The average molecular weight is 323 g/mol. The SMILES string of the molecule is C=CCB(CC=C)/C(=[CH]\[Sn]([CH3])([CH3])[CH3])CC=C. The van der Waals surface area contributed by atoms with Crippen molar-refractivity contribution < 1.29 is 0 Å². The molecule has 0 aromatic heterocycles. The fourth-order valence-electron chi connectivity index (χ4n) is 1.87. The molecular formula is C14H25BSn. The van der Waals surface area contributed by atoms with Crippen LogP contribution in [-0.2, 0) is 0 Å². The van der Waals surface area contributed by atoms with Crippen LogP contribution in [0.3, 0.4) is 0 Å². The maximum absolute atomic E-state index is 3.86. The predicted molar refractivity (Wildman–Crippen MR) is 82.0 cm³/mol. The van der Waals surface area contributed by atoms with E-state index in [1.165, 1.54) is 0 Å². The molecule has 0 N–H and O–H groups in total. The first-order valence-electron chi connectivity index (χ1n) is 5.99. The van der Waals surface area contributed by atoms with Gasteiger partial charge < -0.3 is 0 Å². The van der Waals surface area contributed by atoms with E-state index in [0.717, 1.165) is 19.1 Å². The van der Waals surface area contributed by atoms with Crippen molar-refractivity contribution in [3.8, 4) is 0 Å². The van der Waals surface area contributed by atoms with E-state index >= 15 is 0 Å². The molecule has 0 aliphatic rings. The molecule has 0 nitrogen and oxygen atoms in total. The Hall–Kier alpha value is -0.176. The third kappa shape index (κ3) is 7.16. The molecule has 0 saturated heterocycles. The summed E-state index contributed by atoms with van der Waals surface area (Å²) in [5, 5.41) is 0. The topological polar surface area (TPSA) is 0 Å². The molecule has 0 bridgehead atoms. The summed E-state index contributed by atoms with van der Waals surface area (Å²) >= 11 is -1.86. The monoisotopic (exact) mass is 324 g/mol. The first-order valence-corrected chi connectivity index (χ1v) is 16.2. The van der Waals surface area contributed by atoms with E-state index in [2.05, 4.69) is 38.6 Å². The molecule has 0 fully saturated rings. The van der Waals surface area contributed by atoms with Crippen molar-refractivity contribution in [1.29, 1.82) is 0 Å². The first kappa shape index (κ1) is 15.8. The number of hydrogen-bond acceptors (Lipinski definition) is 0. The molecule has 0 spiro atoms. The van der Waals surface area contributed by atoms with Crippen LogP contribution in [0.1, 0.15) is 6.42 Å². The van der Waals surface area contributed by atoms with Gasteiger partial charge in [-0.15, -0.1) is 0 Å². The van der Waals surface area contributed by atoms with Gasteiger partial charge in [-0.05, 0) is 0 Å². The molecule has 0 aliphatic heterocycles. The van der Waals surface area contributed by atoms with Crippen LogP contribution in [0.5, 0.6) is 0 Å². The Labute approximate surface area is 106 Å². The predicted octanol–water partition coefficient (Wildman–Crippen LogP) is 4.77. The number of hydrogen-bond donors (Lipinski definition) is 0. The maximum atomic E-state index is 3.86. The average Bonchev–Trinajstić information content (AvgIpc) is 2.15. The fourth-order valence-corrected chi connectivity index (χ4v) is 6.05. The Kier molecular flexibility index (Phi) is 7.91. The zero-order chi connectivity index (χ0) is 12.6. The van der Waals surface area contributed by atoms with E-state index in [9.17, 15) is 0 Å². The van der Waals surface area contributed by atoms with Crippen LogP contribution in [0.4, 0.5) is 0 Å². The van der Waals surface area contributed by atoms with Crippen LogP contribution in [0.25, 0.3) is 0 Å². The van der Waals surface area contributed by atoms with Crippen molar-refractivity contribution in [1.82, 2.24) is 0 Å². The van der Waals surface area contributed by atoms with Crippen LogP contribution in [0.15, 0.2) is 47.5 Å². The summed E-state index contributed by atoms with van der Waals surface area (Å²) in [7, 11) is 0. The van der Waals surface area contributed by atoms with Crippen LogP contribution in [-0.4, -0.2) is 25.1 Å². The van der Waals surface area contributed by atoms with Crippen molar-refractivity contribution >= 4 is 25.1 Å². The number of rotatable bonds is 8. The van der Waals surface area contributed by atoms with E-state index in [4.69, 9.17) is 0 Å². The minimum absolute atomic E-state index is 0.587. The quantitative estimate of drug-likeness (QED) is 0.446. The van der Waals surface area contributed by atoms with E-state index < -0.39 is 18.4 Å². The second kappa shape index (κ2) is 7.99. The van der Waals surface area contributed by atoms with Gasteiger partial charge in [-0.3, -0.25) is 0 Å². The third-order valence-electron chi connectivity index (χ3n) is 2.43. The number of allylic oxidation sites excluding steroid dienone is 4. The van der Waals surface area contributed by atoms with Gasteiger partial charge in [0.05, 0.1) is 0 Å². The van der Waals surface area contributed by atoms with Crippen molar-refractivity contribution in [3.63, 3.8) is 0 Å². The van der Waals surface area contributed by atoms with Gasteiger partial charge >= 0.3 is 106 Å². The van der Waals surface area contributed by atoms with Crippen LogP contribution >= 0.6 is 0 Å². The van der Waals surface area contributed by atoms with Crippen LogP contribution in [0.2, 0.25) is 27.5 Å². The van der Waals surface area contributed by atoms with Gasteiger partial charge in [0, 0.05) is 0 Å². The Morgan fingerprint density at radius 3 is 1.81 bits per heavy atom. The van der Waals surface area contributed by atoms with Crippen LogP contribution < -0.4 is 0 Å². The van der Waals surface area contributed by atoms with Crippen molar-refractivity contribution in [2.75, 3.05) is 0 Å². The zero-order valence-electron chi connectivity index (χ0n) is 11.1. The third-order valence-corrected chi connectivity index (χ3v) is 5.96. The Bertz CT molecular complexity index is 261. The molecule has 0 atom stereocenters. The van der Waals surface area contributed by atoms with Gasteiger partial charge in [0.2, 0.25) is 0 Å². The van der Waals surface area contributed by atoms with Gasteiger partial charge in [0.1, 0.15) is 0 Å². The summed E-state index contributed by atoms with van der Waals surface area (Å²) in [5.41, 5.74) is 1.55. The molecule has 0 aliphatic carbocycles. The molecule has 0 saturated carbocycles. The first-order chi connectivity index (χ1) is 7.44. The molecule has 16 heavy (non-hydrogen) atoms. The Balaban J connectivity index is 4.95. The molecule has 88 valence electrons. The Morgan fingerprint density at radius 2 is 1.50 bits per heavy atom. The van der Waals surface area contributed by atoms with E-state index in [1.807, 2.05) is 18.2 Å². The second-order valence-corrected chi connectivity index (χ2v) is 19.7. The summed E-state index contributed by atoms with van der Waals surface area (Å²) < 4.78 is 2.58. The van der Waals surface area contributed by atoms with Crippen molar-refractivity contribution in [2.24, 2.45) is 0 Å². The van der Waals surface area contributed by atoms with E-state index in [0.29, 0.717) is 6.71 Å². The summed E-state index contributed by atoms with van der Waals surface area (Å²) in [6.45, 7) is 12.2. The molecule has 0 radical (unpaired) electrons. The summed E-state index contributed by atoms with van der Waals surface area (Å²) in [6, 6.07) is 0. The van der Waals surface area contributed by atoms with Gasteiger partial charge in [0.15, 0.2) is 0 Å². The van der Waals surface area contributed by atoms with Crippen molar-refractivity contribution in [2.45, 2.75) is 33.9 Å². The molecular weight excluding hydrogens is 298 g/mol. The molecule has 0 amide bonds. The fraction of sp³-hybridized carbons (Fsp3) is 0.429. The molecule has 0 aromatic carbocycles. The van der Waals surface area contributed by atoms with Crippen molar-refractivity contribution in [3.05, 3.63) is 47.5 Å². The molecule has 0 unspecified atom stereocenters. The van der Waals surface area contributed by atoms with Gasteiger partial charge in [-0.25, -0.2) is 0 Å². The summed E-state index contributed by atoms with van der Waals surface area (Å²) in [5.74, 6) is 0. The Morgan fingerprint density at radius 1 is 1.00 bits per heavy atom. The second-order valence-electron chi connectivity index (χ2n) is 5.32. The summed E-state index contributed by atoms with van der Waals surface area (Å²) in [4.78, 5) is 7.32. The normalized spacial score (nSPS) is 12.1. The van der Waals surface area contributed by atoms with Crippen LogP contribution in [0, 0.1) is 0 Å². The van der Waals surface area contributed by atoms with Gasteiger partial charge in [0.25, 0.3) is 0 Å². The van der Waals surface area contributed by atoms with E-state index in [-0.39, 0.29) is 0 Å². The molecule has 0 heterocycles. The molecule has 0 aromatic rings. The molecule has 0 rings (SSSR count). The summed E-state index contributed by atoms with van der Waals surface area (Å²) in [6.07, 6.45) is 9.16. The zero-order valence-corrected chi connectivity index (χ0v) is 14.0. The standard InChI is InChI=1S/C11H16B.3CH3.Sn/c1-5-8-11(4)12(9-6-2)10-7-3;;;;/h4-7H,1-3,8-10H2;3*1H3;. The van der Waals surface area contributed by atoms with E-state index in [1.54, 1.807) is 5.47 Å². The van der Waals surface area contributed by atoms with Gasteiger partial charge in [-0.2, -0.15) is 0 Å². The molecule has 2 heteroatoms.